The molecule has 0 aromatic heterocycles. The number of rotatable bonds is 12. The van der Waals surface area contributed by atoms with Crippen molar-refractivity contribution in [2.75, 3.05) is 53.0 Å². The Morgan fingerprint density at radius 1 is 1.16 bits per heavy atom. The molecule has 1 aliphatic rings. The van der Waals surface area contributed by atoms with Gasteiger partial charge in [-0.2, -0.15) is 0 Å². The van der Waals surface area contributed by atoms with E-state index in [0.29, 0.717) is 38.2 Å². The second-order valence-electron chi connectivity index (χ2n) is 8.19. The molecule has 0 bridgehead atoms. The van der Waals surface area contributed by atoms with Crippen molar-refractivity contribution >= 4 is 29.9 Å². The number of nitrogens with zero attached hydrogens (tertiary/aromatic N) is 2. The molecule has 1 aromatic rings. The molecule has 2 atom stereocenters. The van der Waals surface area contributed by atoms with Crippen LogP contribution in [0.15, 0.2) is 29.3 Å². The third-order valence-electron chi connectivity index (χ3n) is 5.11. The number of likely N-dealkylation sites (tertiary alicyclic amines) is 1. The second kappa shape index (κ2) is 15.7. The van der Waals surface area contributed by atoms with Crippen molar-refractivity contribution in [1.82, 2.24) is 15.5 Å². The van der Waals surface area contributed by atoms with E-state index in [0.717, 1.165) is 25.4 Å². The van der Waals surface area contributed by atoms with Gasteiger partial charge in [-0.25, -0.2) is 0 Å². The average Bonchev–Trinajstić information content (AvgIpc) is 3.26. The standard InChI is InChI=1S/C23H40N4O3.HI/c1-5-24-23(25-14-19(28)17-30-16-18(2)3)26-15-21(27-12-8-9-13-27)20-10-6-7-11-22(20)29-4;/h6-7,10-11,18-19,21,28H,5,8-9,12-17H2,1-4H3,(H2,24,25,26);1H. The van der Waals surface area contributed by atoms with Crippen LogP contribution in [0.3, 0.4) is 0 Å². The smallest absolute Gasteiger partial charge is 0.191 e. The lowest BCUT2D eigenvalue weighted by Crippen LogP contribution is -2.43. The van der Waals surface area contributed by atoms with Gasteiger partial charge in [-0.1, -0.05) is 32.0 Å². The molecule has 1 heterocycles. The number of methoxy groups -OCH3 is 1. The Bertz CT molecular complexity index is 639. The molecule has 0 amide bonds. The van der Waals surface area contributed by atoms with Gasteiger partial charge in [0, 0.05) is 25.3 Å². The summed E-state index contributed by atoms with van der Waals surface area (Å²) in [5, 5.41) is 16.9. The van der Waals surface area contributed by atoms with E-state index in [9.17, 15) is 5.11 Å². The number of aliphatic imine (C=N–C) groups is 1. The molecule has 2 rings (SSSR count). The first-order valence-corrected chi connectivity index (χ1v) is 11.2. The van der Waals surface area contributed by atoms with Crippen LogP contribution in [-0.2, 0) is 4.74 Å². The van der Waals surface area contributed by atoms with Crippen molar-refractivity contribution in [2.45, 2.75) is 45.8 Å². The van der Waals surface area contributed by atoms with Gasteiger partial charge in [0.1, 0.15) is 5.75 Å². The van der Waals surface area contributed by atoms with E-state index in [2.05, 4.69) is 46.5 Å². The van der Waals surface area contributed by atoms with Crippen molar-refractivity contribution in [1.29, 1.82) is 0 Å². The maximum absolute atomic E-state index is 10.2. The molecule has 1 aliphatic heterocycles. The van der Waals surface area contributed by atoms with E-state index in [-0.39, 0.29) is 30.0 Å². The van der Waals surface area contributed by atoms with Gasteiger partial charge in [-0.15, -0.1) is 24.0 Å². The van der Waals surface area contributed by atoms with Gasteiger partial charge in [0.2, 0.25) is 0 Å². The van der Waals surface area contributed by atoms with Crippen LogP contribution in [0, 0.1) is 5.92 Å². The zero-order chi connectivity index (χ0) is 21.8. The van der Waals surface area contributed by atoms with Crippen LogP contribution in [0.25, 0.3) is 0 Å². The Morgan fingerprint density at radius 3 is 2.52 bits per heavy atom. The number of halogens is 1. The second-order valence-corrected chi connectivity index (χ2v) is 8.19. The van der Waals surface area contributed by atoms with Crippen molar-refractivity contribution in [3.8, 4) is 5.75 Å². The first-order valence-electron chi connectivity index (χ1n) is 11.2. The number of nitrogens with one attached hydrogen (secondary N) is 2. The van der Waals surface area contributed by atoms with Crippen LogP contribution < -0.4 is 15.4 Å². The maximum Gasteiger partial charge on any atom is 0.191 e. The summed E-state index contributed by atoms with van der Waals surface area (Å²) in [6.07, 6.45) is 1.84. The molecule has 2 unspecified atom stereocenters. The zero-order valence-electron chi connectivity index (χ0n) is 19.5. The van der Waals surface area contributed by atoms with Gasteiger partial charge in [-0.3, -0.25) is 9.89 Å². The molecule has 1 saturated heterocycles. The van der Waals surface area contributed by atoms with Gasteiger partial charge in [0.05, 0.1) is 32.4 Å². The molecule has 0 spiro atoms. The SMILES string of the molecule is CCNC(=NCC(O)COCC(C)C)NCC(c1ccccc1OC)N1CCCC1.I. The number of guanidine groups is 1. The first kappa shape index (κ1) is 27.9. The summed E-state index contributed by atoms with van der Waals surface area (Å²) in [6, 6.07) is 8.43. The number of hydrogen-bond acceptors (Lipinski definition) is 5. The molecule has 3 N–H and O–H groups in total. The normalized spacial score (nSPS) is 16.6. The Kier molecular flexibility index (Phi) is 14.1. The van der Waals surface area contributed by atoms with Crippen molar-refractivity contribution < 1.29 is 14.6 Å². The van der Waals surface area contributed by atoms with Gasteiger partial charge in [-0.05, 0) is 44.8 Å². The van der Waals surface area contributed by atoms with Crippen molar-refractivity contribution in [3.05, 3.63) is 29.8 Å². The minimum atomic E-state index is -0.609. The van der Waals surface area contributed by atoms with E-state index in [1.807, 2.05) is 19.1 Å². The Labute approximate surface area is 205 Å². The van der Waals surface area contributed by atoms with E-state index >= 15 is 0 Å². The zero-order valence-corrected chi connectivity index (χ0v) is 21.8. The van der Waals surface area contributed by atoms with E-state index in [1.165, 1.54) is 18.4 Å². The largest absolute Gasteiger partial charge is 0.496 e. The molecule has 1 fully saturated rings. The Balaban J connectivity index is 0.00000480. The molecule has 178 valence electrons. The Morgan fingerprint density at radius 2 is 1.87 bits per heavy atom. The van der Waals surface area contributed by atoms with Crippen LogP contribution in [0.1, 0.15) is 45.2 Å². The molecule has 8 heteroatoms. The third-order valence-corrected chi connectivity index (χ3v) is 5.11. The van der Waals surface area contributed by atoms with Gasteiger partial charge in [0.25, 0.3) is 0 Å². The minimum absolute atomic E-state index is 0. The van der Waals surface area contributed by atoms with Gasteiger partial charge < -0.3 is 25.2 Å². The predicted molar refractivity (Wildman–Crippen MR) is 138 cm³/mol. The molecule has 0 radical (unpaired) electrons. The molecule has 0 aliphatic carbocycles. The molecule has 1 aromatic carbocycles. The fourth-order valence-corrected chi connectivity index (χ4v) is 3.65. The maximum atomic E-state index is 10.2. The molecule has 31 heavy (non-hydrogen) atoms. The third kappa shape index (κ3) is 9.93. The summed E-state index contributed by atoms with van der Waals surface area (Å²) in [5.41, 5.74) is 1.19. The van der Waals surface area contributed by atoms with E-state index in [4.69, 9.17) is 9.47 Å². The van der Waals surface area contributed by atoms with Crippen molar-refractivity contribution in [3.63, 3.8) is 0 Å². The van der Waals surface area contributed by atoms with E-state index in [1.54, 1.807) is 7.11 Å². The number of ether oxygens (including phenoxy) is 2. The van der Waals surface area contributed by atoms with Crippen LogP contribution in [0.2, 0.25) is 0 Å². The van der Waals surface area contributed by atoms with Gasteiger partial charge in [0.15, 0.2) is 5.96 Å². The lowest BCUT2D eigenvalue weighted by molar-refractivity contribution is 0.0301. The molecule has 0 saturated carbocycles. The molecular weight excluding hydrogens is 507 g/mol. The van der Waals surface area contributed by atoms with Crippen LogP contribution >= 0.6 is 24.0 Å². The quantitative estimate of drug-likeness (QED) is 0.212. The summed E-state index contributed by atoms with van der Waals surface area (Å²) in [4.78, 5) is 7.06. The van der Waals surface area contributed by atoms with Crippen LogP contribution in [0.5, 0.6) is 5.75 Å². The summed E-state index contributed by atoms with van der Waals surface area (Å²) in [5.74, 6) is 2.08. The van der Waals surface area contributed by atoms with Gasteiger partial charge >= 0.3 is 0 Å². The average molecular weight is 549 g/mol. The van der Waals surface area contributed by atoms with Crippen molar-refractivity contribution in [2.24, 2.45) is 10.9 Å². The number of aliphatic hydroxyl groups is 1. The highest BCUT2D eigenvalue weighted by molar-refractivity contribution is 14.0. The van der Waals surface area contributed by atoms with Crippen LogP contribution in [0.4, 0.5) is 0 Å². The number of para-hydroxylation sites is 1. The highest BCUT2D eigenvalue weighted by atomic mass is 127. The number of hydrogen-bond donors (Lipinski definition) is 3. The topological polar surface area (TPSA) is 78.4 Å². The molecular formula is C23H41IN4O3. The molecule has 7 nitrogen and oxygen atoms in total. The lowest BCUT2D eigenvalue weighted by Gasteiger charge is -2.30. The monoisotopic (exact) mass is 548 g/mol. The van der Waals surface area contributed by atoms with E-state index < -0.39 is 6.10 Å². The summed E-state index contributed by atoms with van der Waals surface area (Å²) in [6.45, 7) is 11.1. The summed E-state index contributed by atoms with van der Waals surface area (Å²) in [7, 11) is 1.72. The number of benzene rings is 1. The summed E-state index contributed by atoms with van der Waals surface area (Å²) < 4.78 is 11.1. The first-order chi connectivity index (χ1) is 14.5. The highest BCUT2D eigenvalue weighted by Crippen LogP contribution is 2.31. The lowest BCUT2D eigenvalue weighted by atomic mass is 10.0. The van der Waals surface area contributed by atoms with Crippen LogP contribution in [-0.4, -0.2) is 75.1 Å². The fraction of sp³-hybridized carbons (Fsp3) is 0.696. The number of aliphatic hydroxyl groups excluding tert-OH is 1. The predicted octanol–water partition coefficient (Wildman–Crippen LogP) is 3.04. The summed E-state index contributed by atoms with van der Waals surface area (Å²) >= 11 is 0. The Hall–Kier alpha value is -1.10. The fourth-order valence-electron chi connectivity index (χ4n) is 3.65. The highest BCUT2D eigenvalue weighted by Gasteiger charge is 2.26. The minimum Gasteiger partial charge on any atom is -0.496 e.